The molecular formula is C13H13N2. The second-order valence-corrected chi connectivity index (χ2v) is 3.59. The number of benzene rings is 1. The summed E-state index contributed by atoms with van der Waals surface area (Å²) in [4.78, 5) is 6.36. The highest BCUT2D eigenvalue weighted by Crippen LogP contribution is 2.19. The van der Waals surface area contributed by atoms with Crippen molar-refractivity contribution in [3.63, 3.8) is 0 Å². The van der Waals surface area contributed by atoms with Crippen LogP contribution in [0.1, 0.15) is 0 Å². The van der Waals surface area contributed by atoms with Gasteiger partial charge in [0.1, 0.15) is 5.82 Å². The number of anilines is 1. The number of pyridine rings is 1. The summed E-state index contributed by atoms with van der Waals surface area (Å²) in [6.45, 7) is 0. The molecule has 0 bridgehead atoms. The van der Waals surface area contributed by atoms with Gasteiger partial charge in [0.15, 0.2) is 0 Å². The Morgan fingerprint density at radius 2 is 1.73 bits per heavy atom. The summed E-state index contributed by atoms with van der Waals surface area (Å²) in [5.74, 6) is 0.973. The number of nitrogens with zero attached hydrogens (tertiary/aromatic N) is 2. The average molecular weight is 197 g/mol. The predicted octanol–water partition coefficient (Wildman–Crippen LogP) is 2.61. The van der Waals surface area contributed by atoms with Crippen LogP contribution in [-0.2, 0) is 0 Å². The normalized spacial score (nSPS) is 10.0. The zero-order valence-electron chi connectivity index (χ0n) is 8.94. The van der Waals surface area contributed by atoms with E-state index in [1.54, 1.807) is 0 Å². The van der Waals surface area contributed by atoms with Crippen LogP contribution in [0.15, 0.2) is 42.6 Å². The summed E-state index contributed by atoms with van der Waals surface area (Å²) in [6, 6.07) is 15.0. The van der Waals surface area contributed by atoms with Gasteiger partial charge in [0.05, 0.1) is 0 Å². The van der Waals surface area contributed by atoms with Crippen LogP contribution in [0.25, 0.3) is 11.1 Å². The molecule has 0 fully saturated rings. The van der Waals surface area contributed by atoms with Crippen molar-refractivity contribution in [3.05, 3.63) is 48.7 Å². The first kappa shape index (κ1) is 9.71. The van der Waals surface area contributed by atoms with Gasteiger partial charge in [-0.3, -0.25) is 0 Å². The van der Waals surface area contributed by atoms with E-state index in [0.717, 1.165) is 11.4 Å². The second kappa shape index (κ2) is 4.13. The van der Waals surface area contributed by atoms with E-state index in [0.29, 0.717) is 0 Å². The lowest BCUT2D eigenvalue weighted by molar-refractivity contribution is 1.07. The Hall–Kier alpha value is -1.83. The SMILES string of the molecule is CN(C)c1ccc(-c2cc[c]cc2)cn1. The van der Waals surface area contributed by atoms with Crippen molar-refractivity contribution < 1.29 is 0 Å². The zero-order valence-corrected chi connectivity index (χ0v) is 8.94. The lowest BCUT2D eigenvalue weighted by Crippen LogP contribution is -2.09. The van der Waals surface area contributed by atoms with Crippen LogP contribution in [0, 0.1) is 6.07 Å². The molecule has 2 heteroatoms. The van der Waals surface area contributed by atoms with Gasteiger partial charge < -0.3 is 4.90 Å². The van der Waals surface area contributed by atoms with Gasteiger partial charge in [0.2, 0.25) is 0 Å². The second-order valence-electron chi connectivity index (χ2n) is 3.59. The molecule has 75 valence electrons. The summed E-state index contributed by atoms with van der Waals surface area (Å²) >= 11 is 0. The topological polar surface area (TPSA) is 16.1 Å². The molecule has 1 radical (unpaired) electrons. The van der Waals surface area contributed by atoms with Gasteiger partial charge in [-0.1, -0.05) is 24.3 Å². The molecular weight excluding hydrogens is 184 g/mol. The Labute approximate surface area is 90.2 Å². The minimum Gasteiger partial charge on any atom is -0.363 e. The molecule has 0 unspecified atom stereocenters. The van der Waals surface area contributed by atoms with Crippen molar-refractivity contribution in [2.75, 3.05) is 19.0 Å². The fourth-order valence-electron chi connectivity index (χ4n) is 1.40. The van der Waals surface area contributed by atoms with E-state index in [2.05, 4.69) is 17.1 Å². The van der Waals surface area contributed by atoms with Gasteiger partial charge in [-0.25, -0.2) is 4.98 Å². The summed E-state index contributed by atoms with van der Waals surface area (Å²) in [5, 5.41) is 0. The number of hydrogen-bond donors (Lipinski definition) is 0. The van der Waals surface area contributed by atoms with Crippen molar-refractivity contribution in [2.24, 2.45) is 0 Å². The van der Waals surface area contributed by atoms with Gasteiger partial charge >= 0.3 is 0 Å². The Kier molecular flexibility index (Phi) is 2.68. The zero-order chi connectivity index (χ0) is 10.7. The monoisotopic (exact) mass is 197 g/mol. The van der Waals surface area contributed by atoms with E-state index >= 15 is 0 Å². The molecule has 2 rings (SSSR count). The smallest absolute Gasteiger partial charge is 0.127 e. The fourth-order valence-corrected chi connectivity index (χ4v) is 1.40. The summed E-state index contributed by atoms with van der Waals surface area (Å²) in [7, 11) is 3.97. The Balaban J connectivity index is 2.32. The lowest BCUT2D eigenvalue weighted by Gasteiger charge is -2.11. The fraction of sp³-hybridized carbons (Fsp3) is 0.154. The minimum absolute atomic E-state index is 0.973. The van der Waals surface area contributed by atoms with Gasteiger partial charge in [-0.05, 0) is 23.8 Å². The number of aromatic nitrogens is 1. The van der Waals surface area contributed by atoms with Crippen LogP contribution >= 0.6 is 0 Å². The van der Waals surface area contributed by atoms with E-state index in [-0.39, 0.29) is 0 Å². The van der Waals surface area contributed by atoms with Crippen LogP contribution in [0.5, 0.6) is 0 Å². The quantitative estimate of drug-likeness (QED) is 0.735. The van der Waals surface area contributed by atoms with Crippen molar-refractivity contribution in [2.45, 2.75) is 0 Å². The molecule has 0 atom stereocenters. The van der Waals surface area contributed by atoms with Crippen LogP contribution in [0.4, 0.5) is 5.82 Å². The van der Waals surface area contributed by atoms with E-state index in [1.807, 2.05) is 55.5 Å². The standard InChI is InChI=1S/C13H13N2/c1-15(2)13-9-8-12(10-14-13)11-6-4-3-5-7-11/h4-10H,1-2H3. The minimum atomic E-state index is 0.973. The van der Waals surface area contributed by atoms with Gasteiger partial charge in [-0.2, -0.15) is 0 Å². The third-order valence-corrected chi connectivity index (χ3v) is 2.26. The summed E-state index contributed by atoms with van der Waals surface area (Å²) < 4.78 is 0. The molecule has 0 amide bonds. The molecule has 0 N–H and O–H groups in total. The number of hydrogen-bond acceptors (Lipinski definition) is 2. The predicted molar refractivity (Wildman–Crippen MR) is 62.8 cm³/mol. The first-order chi connectivity index (χ1) is 7.27. The average Bonchev–Trinajstić information content (AvgIpc) is 2.30. The van der Waals surface area contributed by atoms with Crippen LogP contribution in [-0.4, -0.2) is 19.1 Å². The molecule has 2 nitrogen and oxygen atoms in total. The molecule has 0 aliphatic carbocycles. The van der Waals surface area contributed by atoms with Crippen LogP contribution in [0.2, 0.25) is 0 Å². The Morgan fingerprint density at radius 3 is 2.27 bits per heavy atom. The van der Waals surface area contributed by atoms with Crippen LogP contribution in [0.3, 0.4) is 0 Å². The van der Waals surface area contributed by atoms with Crippen molar-refractivity contribution >= 4 is 5.82 Å². The Bertz CT molecular complexity index is 418. The van der Waals surface area contributed by atoms with E-state index < -0.39 is 0 Å². The highest BCUT2D eigenvalue weighted by atomic mass is 15.1. The molecule has 1 aromatic heterocycles. The molecule has 0 saturated heterocycles. The highest BCUT2D eigenvalue weighted by Gasteiger charge is 1.99. The van der Waals surface area contributed by atoms with Crippen molar-refractivity contribution in [1.82, 2.24) is 4.98 Å². The van der Waals surface area contributed by atoms with E-state index in [9.17, 15) is 0 Å². The molecule has 15 heavy (non-hydrogen) atoms. The largest absolute Gasteiger partial charge is 0.363 e. The molecule has 0 spiro atoms. The van der Waals surface area contributed by atoms with Crippen molar-refractivity contribution in [3.8, 4) is 11.1 Å². The molecule has 2 aromatic rings. The molecule has 1 heterocycles. The third kappa shape index (κ3) is 2.15. The van der Waals surface area contributed by atoms with E-state index in [4.69, 9.17) is 0 Å². The van der Waals surface area contributed by atoms with Gasteiger partial charge in [0, 0.05) is 25.9 Å². The number of rotatable bonds is 2. The molecule has 0 aliphatic rings. The highest BCUT2D eigenvalue weighted by molar-refractivity contribution is 5.63. The maximum Gasteiger partial charge on any atom is 0.127 e. The maximum absolute atomic E-state index is 4.37. The first-order valence-corrected chi connectivity index (χ1v) is 4.87. The Morgan fingerprint density at radius 1 is 1.00 bits per heavy atom. The first-order valence-electron chi connectivity index (χ1n) is 4.87. The van der Waals surface area contributed by atoms with Crippen molar-refractivity contribution in [1.29, 1.82) is 0 Å². The van der Waals surface area contributed by atoms with Gasteiger partial charge in [0.25, 0.3) is 0 Å². The third-order valence-electron chi connectivity index (χ3n) is 2.26. The molecule has 0 saturated carbocycles. The van der Waals surface area contributed by atoms with E-state index in [1.165, 1.54) is 5.56 Å². The summed E-state index contributed by atoms with van der Waals surface area (Å²) in [5.41, 5.74) is 2.31. The summed E-state index contributed by atoms with van der Waals surface area (Å²) in [6.07, 6.45) is 1.89. The molecule has 0 aliphatic heterocycles. The van der Waals surface area contributed by atoms with Gasteiger partial charge in [-0.15, -0.1) is 0 Å². The van der Waals surface area contributed by atoms with Crippen LogP contribution < -0.4 is 4.90 Å². The maximum atomic E-state index is 4.37. The molecule has 1 aromatic carbocycles. The lowest BCUT2D eigenvalue weighted by atomic mass is 10.1.